The predicted octanol–water partition coefficient (Wildman–Crippen LogP) is 1.23. The summed E-state index contributed by atoms with van der Waals surface area (Å²) in [5.41, 5.74) is 5.33. The normalized spacial score (nSPS) is 9.69. The summed E-state index contributed by atoms with van der Waals surface area (Å²) in [6.45, 7) is 2.20. The fourth-order valence-corrected chi connectivity index (χ4v) is 0.992. The Labute approximate surface area is 80.7 Å². The van der Waals surface area contributed by atoms with Crippen LogP contribution >= 0.6 is 11.6 Å². The first-order valence-corrected chi connectivity index (χ1v) is 4.12. The predicted molar refractivity (Wildman–Crippen MR) is 48.9 cm³/mol. The maximum absolute atomic E-state index is 10.9. The smallest absolute Gasteiger partial charge is 0.254 e. The topological polar surface area (TPSA) is 65.2 Å². The van der Waals surface area contributed by atoms with E-state index in [-0.39, 0.29) is 16.6 Å². The van der Waals surface area contributed by atoms with Gasteiger partial charge in [0.15, 0.2) is 0 Å². The van der Waals surface area contributed by atoms with Gasteiger partial charge < -0.3 is 10.5 Å². The summed E-state index contributed by atoms with van der Waals surface area (Å²) >= 11 is 5.61. The molecular formula is C8H9ClN2O2. The van der Waals surface area contributed by atoms with E-state index in [0.717, 1.165) is 0 Å². The standard InChI is InChI=1S/C8H9ClN2O2/c1-2-13-8-5(7(10)12)3-4-6(9)11-8/h3-4H,2H2,1H3,(H2,10,12). The highest BCUT2D eigenvalue weighted by molar-refractivity contribution is 6.29. The molecule has 70 valence electrons. The van der Waals surface area contributed by atoms with E-state index in [1.807, 2.05) is 0 Å². The van der Waals surface area contributed by atoms with Crippen molar-refractivity contribution in [2.24, 2.45) is 5.73 Å². The van der Waals surface area contributed by atoms with Crippen LogP contribution in [0, 0.1) is 0 Å². The molecule has 0 aliphatic rings. The van der Waals surface area contributed by atoms with Crippen molar-refractivity contribution in [2.75, 3.05) is 6.61 Å². The molecule has 13 heavy (non-hydrogen) atoms. The van der Waals surface area contributed by atoms with Gasteiger partial charge in [-0.15, -0.1) is 0 Å². The minimum absolute atomic E-state index is 0.183. The van der Waals surface area contributed by atoms with Crippen molar-refractivity contribution < 1.29 is 9.53 Å². The second kappa shape index (κ2) is 4.09. The van der Waals surface area contributed by atoms with Gasteiger partial charge in [0.25, 0.3) is 5.91 Å². The van der Waals surface area contributed by atoms with Crippen LogP contribution in [0.1, 0.15) is 17.3 Å². The molecular weight excluding hydrogens is 192 g/mol. The summed E-state index contributed by atoms with van der Waals surface area (Å²) < 4.78 is 5.08. The van der Waals surface area contributed by atoms with Crippen molar-refractivity contribution in [3.63, 3.8) is 0 Å². The third kappa shape index (κ3) is 2.32. The summed E-state index contributed by atoms with van der Waals surface area (Å²) in [6.07, 6.45) is 0. The average molecular weight is 201 g/mol. The molecule has 4 nitrogen and oxygen atoms in total. The molecule has 0 unspecified atom stereocenters. The highest BCUT2D eigenvalue weighted by Gasteiger charge is 2.10. The molecule has 1 aromatic rings. The number of pyridine rings is 1. The molecule has 1 heterocycles. The zero-order valence-electron chi connectivity index (χ0n) is 7.08. The Morgan fingerprint density at radius 2 is 2.38 bits per heavy atom. The maximum atomic E-state index is 10.9. The lowest BCUT2D eigenvalue weighted by Gasteiger charge is -2.05. The van der Waals surface area contributed by atoms with E-state index in [2.05, 4.69) is 4.98 Å². The molecule has 1 rings (SSSR count). The Morgan fingerprint density at radius 1 is 1.69 bits per heavy atom. The summed E-state index contributed by atoms with van der Waals surface area (Å²) in [4.78, 5) is 14.7. The molecule has 0 aliphatic carbocycles. The van der Waals surface area contributed by atoms with Gasteiger partial charge in [0.2, 0.25) is 5.88 Å². The van der Waals surface area contributed by atoms with Crippen LogP contribution in [0.4, 0.5) is 0 Å². The number of primary amides is 1. The number of aromatic nitrogens is 1. The zero-order chi connectivity index (χ0) is 9.84. The van der Waals surface area contributed by atoms with Gasteiger partial charge in [0.1, 0.15) is 10.7 Å². The molecule has 1 amide bonds. The number of nitrogens with zero attached hydrogens (tertiary/aromatic N) is 1. The minimum Gasteiger partial charge on any atom is -0.477 e. The monoisotopic (exact) mass is 200 g/mol. The van der Waals surface area contributed by atoms with Crippen molar-refractivity contribution in [1.29, 1.82) is 0 Å². The van der Waals surface area contributed by atoms with Crippen molar-refractivity contribution in [3.05, 3.63) is 22.8 Å². The van der Waals surface area contributed by atoms with Crippen LogP contribution in [0.2, 0.25) is 5.15 Å². The van der Waals surface area contributed by atoms with Gasteiger partial charge in [-0.1, -0.05) is 11.6 Å². The number of carbonyl (C=O) groups excluding carboxylic acids is 1. The molecule has 0 bridgehead atoms. The van der Waals surface area contributed by atoms with Crippen LogP contribution in [0.5, 0.6) is 5.88 Å². The first kappa shape index (κ1) is 9.80. The Morgan fingerprint density at radius 3 is 2.92 bits per heavy atom. The molecule has 2 N–H and O–H groups in total. The lowest BCUT2D eigenvalue weighted by Crippen LogP contribution is -2.13. The van der Waals surface area contributed by atoms with E-state index in [9.17, 15) is 4.79 Å². The average Bonchev–Trinajstić information content (AvgIpc) is 2.04. The molecule has 0 spiro atoms. The fraction of sp³-hybridized carbons (Fsp3) is 0.250. The molecule has 0 radical (unpaired) electrons. The van der Waals surface area contributed by atoms with Crippen LogP contribution in [0.3, 0.4) is 0 Å². The summed E-state index contributed by atoms with van der Waals surface area (Å²) in [5.74, 6) is -0.393. The zero-order valence-corrected chi connectivity index (χ0v) is 7.84. The summed E-state index contributed by atoms with van der Waals surface area (Å²) in [7, 11) is 0. The van der Waals surface area contributed by atoms with Gasteiger partial charge in [-0.3, -0.25) is 4.79 Å². The lowest BCUT2D eigenvalue weighted by molar-refractivity contribution is 0.0996. The van der Waals surface area contributed by atoms with E-state index in [0.29, 0.717) is 6.61 Å². The Kier molecular flexibility index (Phi) is 3.08. The molecule has 0 saturated carbocycles. The minimum atomic E-state index is -0.576. The van der Waals surface area contributed by atoms with Gasteiger partial charge in [-0.05, 0) is 19.1 Å². The molecule has 0 aromatic carbocycles. The number of nitrogens with two attached hydrogens (primary N) is 1. The second-order valence-corrected chi connectivity index (χ2v) is 2.67. The van der Waals surface area contributed by atoms with Gasteiger partial charge in [0, 0.05) is 0 Å². The van der Waals surface area contributed by atoms with Crippen molar-refractivity contribution in [3.8, 4) is 5.88 Å². The molecule has 0 fully saturated rings. The summed E-state index contributed by atoms with van der Waals surface area (Å²) in [5, 5.41) is 0.272. The molecule has 1 aromatic heterocycles. The number of hydrogen-bond donors (Lipinski definition) is 1. The Balaban J connectivity index is 3.10. The molecule has 0 aliphatic heterocycles. The Bertz CT molecular complexity index is 328. The van der Waals surface area contributed by atoms with Crippen LogP contribution in [-0.2, 0) is 0 Å². The third-order valence-electron chi connectivity index (χ3n) is 1.37. The number of rotatable bonds is 3. The number of ether oxygens (including phenoxy) is 1. The van der Waals surface area contributed by atoms with E-state index < -0.39 is 5.91 Å². The Hall–Kier alpha value is -1.29. The quantitative estimate of drug-likeness (QED) is 0.747. The van der Waals surface area contributed by atoms with Crippen molar-refractivity contribution >= 4 is 17.5 Å². The van der Waals surface area contributed by atoms with Gasteiger partial charge in [-0.2, -0.15) is 0 Å². The van der Waals surface area contributed by atoms with Crippen molar-refractivity contribution in [1.82, 2.24) is 4.98 Å². The van der Waals surface area contributed by atoms with E-state index in [1.54, 1.807) is 6.92 Å². The first-order chi connectivity index (χ1) is 6.15. The summed E-state index contributed by atoms with van der Waals surface area (Å²) in [6, 6.07) is 2.98. The first-order valence-electron chi connectivity index (χ1n) is 3.74. The number of carbonyl (C=O) groups is 1. The lowest BCUT2D eigenvalue weighted by atomic mass is 10.2. The third-order valence-corrected chi connectivity index (χ3v) is 1.58. The highest BCUT2D eigenvalue weighted by atomic mass is 35.5. The van der Waals surface area contributed by atoms with Crippen LogP contribution in [0.15, 0.2) is 12.1 Å². The SMILES string of the molecule is CCOc1nc(Cl)ccc1C(N)=O. The van der Waals surface area contributed by atoms with E-state index in [1.165, 1.54) is 12.1 Å². The van der Waals surface area contributed by atoms with Crippen LogP contribution in [0.25, 0.3) is 0 Å². The number of amides is 1. The van der Waals surface area contributed by atoms with Crippen LogP contribution in [-0.4, -0.2) is 17.5 Å². The van der Waals surface area contributed by atoms with Gasteiger partial charge in [-0.25, -0.2) is 4.98 Å². The molecule has 0 saturated heterocycles. The van der Waals surface area contributed by atoms with Gasteiger partial charge >= 0.3 is 0 Å². The van der Waals surface area contributed by atoms with Crippen molar-refractivity contribution in [2.45, 2.75) is 6.92 Å². The number of halogens is 1. The highest BCUT2D eigenvalue weighted by Crippen LogP contribution is 2.18. The molecule has 5 heteroatoms. The van der Waals surface area contributed by atoms with Gasteiger partial charge in [0.05, 0.1) is 6.61 Å². The van der Waals surface area contributed by atoms with Crippen LogP contribution < -0.4 is 10.5 Å². The largest absolute Gasteiger partial charge is 0.477 e. The fourth-order valence-electron chi connectivity index (χ4n) is 0.852. The second-order valence-electron chi connectivity index (χ2n) is 2.28. The van der Waals surface area contributed by atoms with E-state index >= 15 is 0 Å². The number of hydrogen-bond acceptors (Lipinski definition) is 3. The maximum Gasteiger partial charge on any atom is 0.254 e. The molecule has 0 atom stereocenters. The van der Waals surface area contributed by atoms with E-state index in [4.69, 9.17) is 22.1 Å².